The number of piperazine rings is 1. The standard InChI is InChI=1S/C29H30FN3O5/c1-17-15-31(12-13-32(17)18(2)34)27-24(30)14-22-26(29(27)38-3)33(20-7-8-20)16-23(28(22)37)25(36)11-6-19-4-9-21(35)10-5-19/h4-6,9-11,14,16-17,20,35H,7-8,12-13,15H2,1-3H3/b11-6+. The highest BCUT2D eigenvalue weighted by atomic mass is 19.1. The third kappa shape index (κ3) is 4.64. The van der Waals surface area contributed by atoms with E-state index in [0.29, 0.717) is 30.7 Å². The molecule has 9 heteroatoms. The number of pyridine rings is 1. The van der Waals surface area contributed by atoms with Gasteiger partial charge in [0.1, 0.15) is 11.4 Å². The Hall–Kier alpha value is -4.14. The first-order chi connectivity index (χ1) is 18.2. The maximum Gasteiger partial charge on any atom is 0.219 e. The molecule has 2 heterocycles. The van der Waals surface area contributed by atoms with Crippen LogP contribution in [0.4, 0.5) is 10.1 Å². The van der Waals surface area contributed by atoms with Gasteiger partial charge >= 0.3 is 0 Å². The predicted molar refractivity (Wildman–Crippen MR) is 144 cm³/mol. The molecule has 1 aromatic heterocycles. The van der Waals surface area contributed by atoms with E-state index in [0.717, 1.165) is 12.8 Å². The number of allylic oxidation sites excluding steroid dienone is 1. The van der Waals surface area contributed by atoms with E-state index in [2.05, 4.69) is 0 Å². The van der Waals surface area contributed by atoms with Crippen molar-refractivity contribution in [2.75, 3.05) is 31.6 Å². The lowest BCUT2D eigenvalue weighted by atomic mass is 10.0. The minimum Gasteiger partial charge on any atom is -0.508 e. The molecule has 8 nitrogen and oxygen atoms in total. The number of rotatable bonds is 6. The van der Waals surface area contributed by atoms with Crippen molar-refractivity contribution in [1.82, 2.24) is 9.47 Å². The van der Waals surface area contributed by atoms with E-state index >= 15 is 4.39 Å². The summed E-state index contributed by atoms with van der Waals surface area (Å²) in [6.45, 7) is 4.74. The van der Waals surface area contributed by atoms with Gasteiger partial charge in [-0.25, -0.2) is 4.39 Å². The fraction of sp³-hybridized carbons (Fsp3) is 0.345. The van der Waals surface area contributed by atoms with Gasteiger partial charge in [0, 0.05) is 44.8 Å². The van der Waals surface area contributed by atoms with Gasteiger partial charge in [-0.05, 0) is 49.6 Å². The van der Waals surface area contributed by atoms with E-state index in [-0.39, 0.29) is 46.1 Å². The summed E-state index contributed by atoms with van der Waals surface area (Å²) in [5.74, 6) is -0.757. The third-order valence-corrected chi connectivity index (χ3v) is 7.28. The van der Waals surface area contributed by atoms with Crippen LogP contribution in [0.2, 0.25) is 0 Å². The summed E-state index contributed by atoms with van der Waals surface area (Å²) in [7, 11) is 1.45. The molecule has 1 unspecified atom stereocenters. The first kappa shape index (κ1) is 25.5. The maximum absolute atomic E-state index is 15.7. The molecule has 1 aliphatic carbocycles. The molecule has 1 saturated heterocycles. The number of nitrogens with zero attached hydrogens (tertiary/aromatic N) is 3. The fourth-order valence-electron chi connectivity index (χ4n) is 5.22. The number of ether oxygens (including phenoxy) is 1. The van der Waals surface area contributed by atoms with Crippen molar-refractivity contribution < 1.29 is 23.8 Å². The second kappa shape index (κ2) is 9.96. The first-order valence-corrected chi connectivity index (χ1v) is 12.7. The van der Waals surface area contributed by atoms with E-state index in [4.69, 9.17) is 4.74 Å². The van der Waals surface area contributed by atoms with Gasteiger partial charge in [-0.1, -0.05) is 18.2 Å². The highest BCUT2D eigenvalue weighted by molar-refractivity contribution is 6.08. The molecule has 0 spiro atoms. The number of benzene rings is 2. The maximum atomic E-state index is 15.7. The van der Waals surface area contributed by atoms with Gasteiger partial charge in [0.2, 0.25) is 11.3 Å². The molecular formula is C29H30FN3O5. The zero-order chi connectivity index (χ0) is 27.1. The number of hydrogen-bond donors (Lipinski definition) is 1. The highest BCUT2D eigenvalue weighted by Crippen LogP contribution is 2.44. The molecule has 5 rings (SSSR count). The number of fused-ring (bicyclic) bond motifs is 1. The van der Waals surface area contributed by atoms with Crippen LogP contribution in [0.5, 0.6) is 11.5 Å². The lowest BCUT2D eigenvalue weighted by Crippen LogP contribution is -2.53. The number of aromatic hydroxyl groups is 1. The number of carbonyl (C=O) groups is 2. The average molecular weight is 520 g/mol. The van der Waals surface area contributed by atoms with Gasteiger partial charge < -0.3 is 24.2 Å². The van der Waals surface area contributed by atoms with E-state index in [1.165, 1.54) is 38.3 Å². The number of halogens is 1. The lowest BCUT2D eigenvalue weighted by Gasteiger charge is -2.41. The molecule has 2 fully saturated rings. The van der Waals surface area contributed by atoms with Crippen molar-refractivity contribution in [2.45, 2.75) is 38.8 Å². The Morgan fingerprint density at radius 3 is 2.47 bits per heavy atom. The minimum absolute atomic E-state index is 0.0256. The topological polar surface area (TPSA) is 92.1 Å². The normalized spacial score (nSPS) is 17.8. The summed E-state index contributed by atoms with van der Waals surface area (Å²) in [5, 5.41) is 9.55. The van der Waals surface area contributed by atoms with Crippen LogP contribution < -0.4 is 15.1 Å². The van der Waals surface area contributed by atoms with E-state index in [9.17, 15) is 19.5 Å². The monoisotopic (exact) mass is 519 g/mol. The fourth-order valence-corrected chi connectivity index (χ4v) is 5.22. The van der Waals surface area contributed by atoms with Crippen molar-refractivity contribution in [2.24, 2.45) is 0 Å². The number of ketones is 1. The number of hydrogen-bond acceptors (Lipinski definition) is 6. The Labute approximate surface area is 219 Å². The Morgan fingerprint density at radius 2 is 1.87 bits per heavy atom. The van der Waals surface area contributed by atoms with Crippen molar-refractivity contribution in [3.05, 3.63) is 69.8 Å². The smallest absolute Gasteiger partial charge is 0.219 e. The van der Waals surface area contributed by atoms with Gasteiger partial charge in [0.15, 0.2) is 17.3 Å². The van der Waals surface area contributed by atoms with Crippen LogP contribution in [0.15, 0.2) is 47.4 Å². The molecule has 0 radical (unpaired) electrons. The zero-order valence-electron chi connectivity index (χ0n) is 21.6. The van der Waals surface area contributed by atoms with Gasteiger partial charge in [-0.2, -0.15) is 0 Å². The Bertz CT molecular complexity index is 1510. The lowest BCUT2D eigenvalue weighted by molar-refractivity contribution is -0.131. The van der Waals surface area contributed by atoms with Crippen LogP contribution in [0.1, 0.15) is 48.7 Å². The molecule has 0 bridgehead atoms. The molecule has 3 aromatic rings. The number of anilines is 1. The molecule has 1 atom stereocenters. The summed E-state index contributed by atoms with van der Waals surface area (Å²) in [6.07, 6.45) is 6.19. The first-order valence-electron chi connectivity index (χ1n) is 12.7. The Kier molecular flexibility index (Phi) is 6.69. The quantitative estimate of drug-likeness (QED) is 0.389. The second-order valence-corrected chi connectivity index (χ2v) is 9.94. The number of carbonyl (C=O) groups excluding carboxylic acids is 2. The second-order valence-electron chi connectivity index (χ2n) is 9.94. The molecule has 2 aromatic carbocycles. The molecule has 38 heavy (non-hydrogen) atoms. The molecule has 1 aliphatic heterocycles. The van der Waals surface area contributed by atoms with E-state index in [1.807, 2.05) is 16.4 Å². The zero-order valence-corrected chi connectivity index (χ0v) is 21.6. The van der Waals surface area contributed by atoms with Gasteiger partial charge in [0.25, 0.3) is 0 Å². The number of aromatic nitrogens is 1. The SMILES string of the molecule is COc1c(N2CCN(C(C)=O)C(C)C2)c(F)cc2c(=O)c(C(=O)/C=C/c3ccc(O)cc3)cn(C3CC3)c12. The minimum atomic E-state index is -0.610. The van der Waals surface area contributed by atoms with Gasteiger partial charge in [0.05, 0.1) is 23.6 Å². The number of phenolic OH excluding ortho intramolecular Hbond substituents is 1. The van der Waals surface area contributed by atoms with Crippen LogP contribution in [0.25, 0.3) is 17.0 Å². The molecule has 1 saturated carbocycles. The van der Waals surface area contributed by atoms with Crippen molar-refractivity contribution in [3.63, 3.8) is 0 Å². The predicted octanol–water partition coefficient (Wildman–Crippen LogP) is 4.14. The summed E-state index contributed by atoms with van der Waals surface area (Å²) in [4.78, 5) is 42.2. The summed E-state index contributed by atoms with van der Waals surface area (Å²) in [5.41, 5.74) is 0.816. The largest absolute Gasteiger partial charge is 0.508 e. The third-order valence-electron chi connectivity index (χ3n) is 7.28. The summed E-state index contributed by atoms with van der Waals surface area (Å²) >= 11 is 0. The van der Waals surface area contributed by atoms with E-state index in [1.54, 1.807) is 29.3 Å². The molecule has 198 valence electrons. The number of amides is 1. The molecule has 2 aliphatic rings. The van der Waals surface area contributed by atoms with Crippen LogP contribution >= 0.6 is 0 Å². The van der Waals surface area contributed by atoms with Crippen LogP contribution in [0.3, 0.4) is 0 Å². The summed E-state index contributed by atoms with van der Waals surface area (Å²) in [6, 6.07) is 7.48. The van der Waals surface area contributed by atoms with Crippen LogP contribution in [-0.2, 0) is 4.79 Å². The van der Waals surface area contributed by atoms with Crippen LogP contribution in [-0.4, -0.2) is 59.0 Å². The van der Waals surface area contributed by atoms with Crippen LogP contribution in [0, 0.1) is 5.82 Å². The van der Waals surface area contributed by atoms with E-state index < -0.39 is 17.0 Å². The molecular weight excluding hydrogens is 489 g/mol. The Balaban J connectivity index is 1.60. The average Bonchev–Trinajstić information content (AvgIpc) is 3.73. The number of methoxy groups -OCH3 is 1. The van der Waals surface area contributed by atoms with Crippen molar-refractivity contribution in [3.8, 4) is 11.5 Å². The molecule has 1 amide bonds. The van der Waals surface area contributed by atoms with Crippen molar-refractivity contribution in [1.29, 1.82) is 0 Å². The Morgan fingerprint density at radius 1 is 1.16 bits per heavy atom. The number of phenols is 1. The highest BCUT2D eigenvalue weighted by Gasteiger charge is 2.33. The van der Waals surface area contributed by atoms with Gasteiger partial charge in [-0.15, -0.1) is 0 Å². The van der Waals surface area contributed by atoms with Crippen molar-refractivity contribution >= 4 is 34.4 Å². The van der Waals surface area contributed by atoms with Gasteiger partial charge in [-0.3, -0.25) is 14.4 Å². The summed E-state index contributed by atoms with van der Waals surface area (Å²) < 4.78 is 23.3. The molecule has 1 N–H and O–H groups in total.